The second-order valence-electron chi connectivity index (χ2n) is 6.80. The lowest BCUT2D eigenvalue weighted by molar-refractivity contribution is -0.169. The zero-order valence-corrected chi connectivity index (χ0v) is 12.3. The molecule has 3 rings (SSSR count). The molecule has 3 N–H and O–H groups in total. The van der Waals surface area contributed by atoms with E-state index in [4.69, 9.17) is 4.74 Å². The number of carbonyl (C=O) groups excluding carboxylic acids is 1. The molecule has 3 aliphatic rings. The fourth-order valence-electron chi connectivity index (χ4n) is 3.69. The van der Waals surface area contributed by atoms with Crippen molar-refractivity contribution in [3.63, 3.8) is 0 Å². The molecule has 2 amide bonds. The third-order valence-corrected chi connectivity index (χ3v) is 5.66. The molecule has 20 heavy (non-hydrogen) atoms. The molecular formula is C15H26N2O3. The molecule has 0 unspecified atom stereocenters. The number of amides is 2. The number of carbonyl (C=O) groups is 1. The van der Waals surface area contributed by atoms with Gasteiger partial charge < -0.3 is 20.5 Å². The van der Waals surface area contributed by atoms with E-state index in [2.05, 4.69) is 10.6 Å². The summed E-state index contributed by atoms with van der Waals surface area (Å²) >= 11 is 0. The molecule has 0 aliphatic heterocycles. The maximum atomic E-state index is 12.0. The lowest BCUT2D eigenvalue weighted by Gasteiger charge is -2.60. The van der Waals surface area contributed by atoms with Crippen LogP contribution in [0.15, 0.2) is 0 Å². The van der Waals surface area contributed by atoms with Crippen LogP contribution in [0, 0.1) is 10.8 Å². The van der Waals surface area contributed by atoms with Crippen LogP contribution in [0.4, 0.5) is 4.79 Å². The van der Waals surface area contributed by atoms with Crippen molar-refractivity contribution in [3.8, 4) is 0 Å². The fourth-order valence-corrected chi connectivity index (χ4v) is 3.69. The van der Waals surface area contributed by atoms with Crippen molar-refractivity contribution < 1.29 is 14.6 Å². The van der Waals surface area contributed by atoms with Crippen LogP contribution >= 0.6 is 0 Å². The number of rotatable bonds is 6. The van der Waals surface area contributed by atoms with Crippen molar-refractivity contribution in [2.45, 2.75) is 57.6 Å². The summed E-state index contributed by atoms with van der Waals surface area (Å²) in [4.78, 5) is 12.0. The second-order valence-corrected chi connectivity index (χ2v) is 6.80. The summed E-state index contributed by atoms with van der Waals surface area (Å²) in [5, 5.41) is 15.3. The SMILES string of the molecule is CCO[C@H]1C[C@H](NC(=O)NCC2(CO)CC2)C12CCC2. The molecule has 0 radical (unpaired) electrons. The van der Waals surface area contributed by atoms with E-state index in [1.807, 2.05) is 6.92 Å². The van der Waals surface area contributed by atoms with E-state index in [1.165, 1.54) is 19.3 Å². The number of ether oxygens (including phenoxy) is 1. The number of hydrogen-bond acceptors (Lipinski definition) is 3. The highest BCUT2D eigenvalue weighted by molar-refractivity contribution is 5.74. The summed E-state index contributed by atoms with van der Waals surface area (Å²) < 4.78 is 5.78. The first-order valence-corrected chi connectivity index (χ1v) is 7.91. The molecule has 0 aromatic heterocycles. The van der Waals surface area contributed by atoms with E-state index in [1.54, 1.807) is 0 Å². The maximum absolute atomic E-state index is 12.0. The Morgan fingerprint density at radius 1 is 1.35 bits per heavy atom. The van der Waals surface area contributed by atoms with Gasteiger partial charge in [-0.25, -0.2) is 4.79 Å². The smallest absolute Gasteiger partial charge is 0.315 e. The molecule has 0 heterocycles. The van der Waals surface area contributed by atoms with E-state index in [-0.39, 0.29) is 29.5 Å². The number of aliphatic hydroxyl groups excluding tert-OH is 1. The Labute approximate surface area is 120 Å². The Morgan fingerprint density at radius 2 is 2.10 bits per heavy atom. The zero-order chi connectivity index (χ0) is 14.2. The van der Waals surface area contributed by atoms with Gasteiger partial charge in [-0.1, -0.05) is 6.42 Å². The minimum atomic E-state index is -0.0871. The number of nitrogens with one attached hydrogen (secondary N) is 2. The third kappa shape index (κ3) is 2.31. The van der Waals surface area contributed by atoms with Gasteiger partial charge in [-0.15, -0.1) is 0 Å². The molecule has 0 aromatic carbocycles. The van der Waals surface area contributed by atoms with E-state index < -0.39 is 0 Å². The highest BCUT2D eigenvalue weighted by Gasteiger charge is 2.59. The molecule has 1 spiro atoms. The van der Waals surface area contributed by atoms with Crippen LogP contribution in [0.5, 0.6) is 0 Å². The average Bonchev–Trinajstić information content (AvgIpc) is 3.14. The third-order valence-electron chi connectivity index (χ3n) is 5.66. The first-order chi connectivity index (χ1) is 9.64. The van der Waals surface area contributed by atoms with Gasteiger partial charge in [0, 0.05) is 30.0 Å². The van der Waals surface area contributed by atoms with Gasteiger partial charge in [-0.3, -0.25) is 0 Å². The van der Waals surface area contributed by atoms with Gasteiger partial charge in [0.15, 0.2) is 0 Å². The summed E-state index contributed by atoms with van der Waals surface area (Å²) in [6, 6.07) is 0.174. The molecule has 3 aliphatic carbocycles. The number of aliphatic hydroxyl groups is 1. The largest absolute Gasteiger partial charge is 0.396 e. The standard InChI is InChI=1S/C15H26N2O3/c1-2-20-12-8-11(15(12)4-3-5-15)17-13(19)16-9-14(10-18)6-7-14/h11-12,18H,2-10H2,1H3,(H2,16,17,19)/t11-,12-/m0/s1. The van der Waals surface area contributed by atoms with Crippen molar-refractivity contribution in [3.05, 3.63) is 0 Å². The molecule has 114 valence electrons. The van der Waals surface area contributed by atoms with Crippen LogP contribution in [0.2, 0.25) is 0 Å². The summed E-state index contributed by atoms with van der Waals surface area (Å²) in [5.74, 6) is 0. The fraction of sp³-hybridized carbons (Fsp3) is 0.933. The van der Waals surface area contributed by atoms with Crippen LogP contribution in [0.25, 0.3) is 0 Å². The van der Waals surface area contributed by atoms with Gasteiger partial charge in [-0.2, -0.15) is 0 Å². The number of urea groups is 1. The average molecular weight is 282 g/mol. The molecule has 5 heteroatoms. The summed E-state index contributed by atoms with van der Waals surface area (Å²) in [6.45, 7) is 3.55. The van der Waals surface area contributed by atoms with Gasteiger partial charge in [0.25, 0.3) is 0 Å². The van der Waals surface area contributed by atoms with Crippen LogP contribution in [-0.4, -0.2) is 43.0 Å². The molecule has 5 nitrogen and oxygen atoms in total. The topological polar surface area (TPSA) is 70.6 Å². The normalized spacial score (nSPS) is 32.1. The quantitative estimate of drug-likeness (QED) is 0.690. The Kier molecular flexibility index (Phi) is 3.67. The molecule has 0 saturated heterocycles. The first kappa shape index (κ1) is 14.1. The van der Waals surface area contributed by atoms with Crippen LogP contribution in [-0.2, 0) is 4.74 Å². The zero-order valence-electron chi connectivity index (χ0n) is 12.3. The minimum absolute atomic E-state index is 0.0288. The van der Waals surface area contributed by atoms with Gasteiger partial charge in [0.2, 0.25) is 0 Å². The summed E-state index contributed by atoms with van der Waals surface area (Å²) in [7, 11) is 0. The van der Waals surface area contributed by atoms with Crippen molar-refractivity contribution in [2.24, 2.45) is 10.8 Å². The maximum Gasteiger partial charge on any atom is 0.315 e. The molecule has 2 atom stereocenters. The van der Waals surface area contributed by atoms with Crippen molar-refractivity contribution in [1.82, 2.24) is 10.6 Å². The second kappa shape index (κ2) is 5.19. The molecule has 0 bridgehead atoms. The molecule has 0 aromatic rings. The summed E-state index contributed by atoms with van der Waals surface area (Å²) in [5.41, 5.74) is 0.181. The Bertz CT molecular complexity index is 377. The van der Waals surface area contributed by atoms with Crippen LogP contribution in [0.3, 0.4) is 0 Å². The van der Waals surface area contributed by atoms with Gasteiger partial charge in [0.05, 0.1) is 12.7 Å². The Hall–Kier alpha value is -0.810. The predicted molar refractivity (Wildman–Crippen MR) is 75.4 cm³/mol. The van der Waals surface area contributed by atoms with Crippen molar-refractivity contribution >= 4 is 6.03 Å². The van der Waals surface area contributed by atoms with E-state index >= 15 is 0 Å². The first-order valence-electron chi connectivity index (χ1n) is 7.91. The van der Waals surface area contributed by atoms with Gasteiger partial charge in [-0.05, 0) is 39.0 Å². The van der Waals surface area contributed by atoms with Crippen LogP contribution < -0.4 is 10.6 Å². The Balaban J connectivity index is 1.45. The van der Waals surface area contributed by atoms with Crippen molar-refractivity contribution in [1.29, 1.82) is 0 Å². The molecule has 3 fully saturated rings. The monoisotopic (exact) mass is 282 g/mol. The van der Waals surface area contributed by atoms with E-state index in [0.29, 0.717) is 12.6 Å². The lowest BCUT2D eigenvalue weighted by atomic mass is 9.51. The highest BCUT2D eigenvalue weighted by Crippen LogP contribution is 2.57. The summed E-state index contributed by atoms with van der Waals surface area (Å²) in [6.07, 6.45) is 6.89. The number of hydrogen-bond donors (Lipinski definition) is 3. The Morgan fingerprint density at radius 3 is 2.60 bits per heavy atom. The van der Waals surface area contributed by atoms with Crippen LogP contribution in [0.1, 0.15) is 45.4 Å². The van der Waals surface area contributed by atoms with E-state index in [0.717, 1.165) is 25.9 Å². The minimum Gasteiger partial charge on any atom is -0.396 e. The van der Waals surface area contributed by atoms with Gasteiger partial charge >= 0.3 is 6.03 Å². The van der Waals surface area contributed by atoms with Crippen molar-refractivity contribution in [2.75, 3.05) is 19.8 Å². The van der Waals surface area contributed by atoms with Gasteiger partial charge in [0.1, 0.15) is 0 Å². The predicted octanol–water partition coefficient (Wildman–Crippen LogP) is 1.41. The molecular weight excluding hydrogens is 256 g/mol. The highest BCUT2D eigenvalue weighted by atomic mass is 16.5. The lowest BCUT2D eigenvalue weighted by Crippen LogP contribution is -2.68. The van der Waals surface area contributed by atoms with E-state index in [9.17, 15) is 9.90 Å². The molecule has 3 saturated carbocycles.